The normalized spacial score (nSPS) is 18.1. The molecule has 0 heteroatoms. The molecule has 0 atom stereocenters. The molecule has 0 spiro atoms. The van der Waals surface area contributed by atoms with Gasteiger partial charge in [-0.15, -0.1) is 11.8 Å². The topological polar surface area (TPSA) is 0 Å². The monoisotopic (exact) mass is 374 g/mol. The van der Waals surface area contributed by atoms with Gasteiger partial charge in [-0.3, -0.25) is 0 Å². The van der Waals surface area contributed by atoms with Crippen LogP contribution in [0.25, 0.3) is 0 Å². The van der Waals surface area contributed by atoms with E-state index in [4.69, 9.17) is 0 Å². The summed E-state index contributed by atoms with van der Waals surface area (Å²) in [5, 5.41) is 0. The van der Waals surface area contributed by atoms with Crippen LogP contribution in [0, 0.1) is 35.5 Å². The van der Waals surface area contributed by atoms with E-state index < -0.39 is 0 Å². The Morgan fingerprint density at radius 1 is 0.643 bits per heavy atom. The van der Waals surface area contributed by atoms with E-state index in [1.807, 2.05) is 13.8 Å². The molecule has 0 nitrogen and oxygen atoms in total. The fourth-order valence-corrected chi connectivity index (χ4v) is 5.28. The van der Waals surface area contributed by atoms with Crippen molar-refractivity contribution in [3.8, 4) is 23.7 Å². The minimum atomic E-state index is 0.919. The molecular weight excluding hydrogens is 336 g/mol. The minimum Gasteiger partial charge on any atom is -0.101 e. The average Bonchev–Trinajstić information content (AvgIpc) is 2.74. The molecule has 0 aliphatic heterocycles. The van der Waals surface area contributed by atoms with E-state index in [0.29, 0.717) is 0 Å². The zero-order chi connectivity index (χ0) is 19.6. The molecular formula is C28H38. The summed E-state index contributed by atoms with van der Waals surface area (Å²) in [6, 6.07) is 4.77. The molecule has 0 heterocycles. The molecule has 150 valence electrons. The lowest BCUT2D eigenvalue weighted by molar-refractivity contribution is 0.338. The highest BCUT2D eigenvalue weighted by Gasteiger charge is 2.17. The number of hydrogen-bond acceptors (Lipinski definition) is 0. The molecule has 2 fully saturated rings. The van der Waals surface area contributed by atoms with Crippen molar-refractivity contribution in [1.29, 1.82) is 0 Å². The van der Waals surface area contributed by atoms with Crippen molar-refractivity contribution in [3.63, 3.8) is 0 Å². The molecule has 2 aliphatic carbocycles. The van der Waals surface area contributed by atoms with Gasteiger partial charge in [-0.05, 0) is 74.6 Å². The Kier molecular flexibility index (Phi) is 8.55. The highest BCUT2D eigenvalue weighted by Crippen LogP contribution is 2.30. The second kappa shape index (κ2) is 11.4. The smallest absolute Gasteiger partial charge is 0.0280 e. The van der Waals surface area contributed by atoms with Crippen molar-refractivity contribution < 1.29 is 0 Å². The molecule has 0 N–H and O–H groups in total. The number of benzene rings is 1. The second-order valence-electron chi connectivity index (χ2n) is 9.00. The maximum Gasteiger partial charge on any atom is 0.0280 e. The third kappa shape index (κ3) is 6.17. The standard InChI is InChI=1S/C28H38/c1-3-11-25-21-28(20-18-24-15-9-6-10-16-24)26(12-4-2)22-27(25)19-17-23-13-7-5-8-14-23/h21-24H,5-10,13-20H2,1-2H3. The Morgan fingerprint density at radius 3 is 1.39 bits per heavy atom. The van der Waals surface area contributed by atoms with E-state index in [1.165, 1.54) is 99.3 Å². The van der Waals surface area contributed by atoms with E-state index >= 15 is 0 Å². The van der Waals surface area contributed by atoms with Crippen LogP contribution >= 0.6 is 0 Å². The van der Waals surface area contributed by atoms with Gasteiger partial charge in [0, 0.05) is 11.1 Å². The highest BCUT2D eigenvalue weighted by atomic mass is 14.2. The summed E-state index contributed by atoms with van der Waals surface area (Å²) in [5.41, 5.74) is 5.38. The zero-order valence-corrected chi connectivity index (χ0v) is 18.2. The van der Waals surface area contributed by atoms with Gasteiger partial charge >= 0.3 is 0 Å². The second-order valence-corrected chi connectivity index (χ2v) is 9.00. The first-order valence-electron chi connectivity index (χ1n) is 11.8. The summed E-state index contributed by atoms with van der Waals surface area (Å²) >= 11 is 0. The van der Waals surface area contributed by atoms with Gasteiger partial charge in [0.25, 0.3) is 0 Å². The van der Waals surface area contributed by atoms with Crippen LogP contribution in [0.1, 0.15) is 113 Å². The molecule has 0 aromatic heterocycles. The fraction of sp³-hybridized carbons (Fsp3) is 0.643. The van der Waals surface area contributed by atoms with Crippen LogP contribution in [0.3, 0.4) is 0 Å². The molecule has 0 radical (unpaired) electrons. The first kappa shape index (κ1) is 21.1. The van der Waals surface area contributed by atoms with Gasteiger partial charge < -0.3 is 0 Å². The summed E-state index contributed by atoms with van der Waals surface area (Å²) in [7, 11) is 0. The quantitative estimate of drug-likeness (QED) is 0.453. The zero-order valence-electron chi connectivity index (χ0n) is 18.2. The van der Waals surface area contributed by atoms with E-state index in [-0.39, 0.29) is 0 Å². The molecule has 0 unspecified atom stereocenters. The number of rotatable bonds is 6. The third-order valence-electron chi connectivity index (χ3n) is 6.94. The summed E-state index contributed by atoms with van der Waals surface area (Å²) in [6.45, 7) is 3.93. The lowest BCUT2D eigenvalue weighted by Crippen LogP contribution is -2.09. The van der Waals surface area contributed by atoms with E-state index in [2.05, 4.69) is 35.8 Å². The van der Waals surface area contributed by atoms with Crippen LogP contribution < -0.4 is 0 Å². The predicted octanol–water partition coefficient (Wildman–Crippen LogP) is 7.46. The highest BCUT2D eigenvalue weighted by molar-refractivity contribution is 5.52. The van der Waals surface area contributed by atoms with Crippen molar-refractivity contribution in [2.24, 2.45) is 11.8 Å². The predicted molar refractivity (Wildman–Crippen MR) is 121 cm³/mol. The SMILES string of the molecule is CC#Cc1cc(CCC2CCCCC2)c(C#CC)cc1CCC1CCCCC1. The molecule has 0 bridgehead atoms. The largest absolute Gasteiger partial charge is 0.101 e. The molecule has 1 aromatic rings. The van der Waals surface area contributed by atoms with Gasteiger partial charge in [0.2, 0.25) is 0 Å². The molecule has 3 rings (SSSR count). The van der Waals surface area contributed by atoms with Crippen molar-refractivity contribution >= 4 is 0 Å². The van der Waals surface area contributed by atoms with Gasteiger partial charge in [-0.2, -0.15) is 0 Å². The maximum atomic E-state index is 3.41. The first-order chi connectivity index (χ1) is 13.8. The summed E-state index contributed by atoms with van der Waals surface area (Å²) < 4.78 is 0. The van der Waals surface area contributed by atoms with Crippen LogP contribution in [0.4, 0.5) is 0 Å². The number of aryl methyl sites for hydroxylation is 2. The molecule has 0 saturated heterocycles. The fourth-order valence-electron chi connectivity index (χ4n) is 5.28. The van der Waals surface area contributed by atoms with Crippen molar-refractivity contribution in [3.05, 3.63) is 34.4 Å². The van der Waals surface area contributed by atoms with Crippen molar-refractivity contribution in [2.45, 2.75) is 104 Å². The van der Waals surface area contributed by atoms with Gasteiger partial charge in [0.05, 0.1) is 0 Å². The van der Waals surface area contributed by atoms with Gasteiger partial charge in [-0.1, -0.05) is 76.0 Å². The van der Waals surface area contributed by atoms with Crippen LogP contribution in [-0.2, 0) is 12.8 Å². The van der Waals surface area contributed by atoms with E-state index in [1.54, 1.807) is 0 Å². The van der Waals surface area contributed by atoms with Gasteiger partial charge in [0.15, 0.2) is 0 Å². The lowest BCUT2D eigenvalue weighted by Gasteiger charge is -2.23. The van der Waals surface area contributed by atoms with Crippen LogP contribution in [0.15, 0.2) is 12.1 Å². The Labute approximate surface area is 173 Å². The van der Waals surface area contributed by atoms with Gasteiger partial charge in [0.1, 0.15) is 0 Å². The van der Waals surface area contributed by atoms with Crippen LogP contribution in [0.2, 0.25) is 0 Å². The Balaban J connectivity index is 1.75. The molecule has 2 aliphatic rings. The summed E-state index contributed by atoms with van der Waals surface area (Å²) in [6.07, 6.45) is 19.3. The molecule has 0 amide bonds. The van der Waals surface area contributed by atoms with E-state index in [0.717, 1.165) is 24.7 Å². The number of hydrogen-bond donors (Lipinski definition) is 0. The average molecular weight is 375 g/mol. The lowest BCUT2D eigenvalue weighted by atomic mass is 9.83. The maximum absolute atomic E-state index is 3.41. The molecule has 1 aromatic carbocycles. The van der Waals surface area contributed by atoms with Gasteiger partial charge in [-0.25, -0.2) is 0 Å². The summed E-state index contributed by atoms with van der Waals surface area (Å²) in [4.78, 5) is 0. The Bertz CT molecular complexity index is 668. The molecule has 28 heavy (non-hydrogen) atoms. The van der Waals surface area contributed by atoms with Crippen molar-refractivity contribution in [1.82, 2.24) is 0 Å². The minimum absolute atomic E-state index is 0.919. The summed E-state index contributed by atoms with van der Waals surface area (Å²) in [5.74, 6) is 15.0. The Hall–Kier alpha value is -1.66. The first-order valence-corrected chi connectivity index (χ1v) is 11.8. The van der Waals surface area contributed by atoms with Crippen LogP contribution in [-0.4, -0.2) is 0 Å². The third-order valence-corrected chi connectivity index (χ3v) is 6.94. The Morgan fingerprint density at radius 2 is 1.04 bits per heavy atom. The molecule has 2 saturated carbocycles. The van der Waals surface area contributed by atoms with Crippen molar-refractivity contribution in [2.75, 3.05) is 0 Å². The van der Waals surface area contributed by atoms with E-state index in [9.17, 15) is 0 Å². The van der Waals surface area contributed by atoms with Crippen LogP contribution in [0.5, 0.6) is 0 Å².